The van der Waals surface area contributed by atoms with Crippen molar-refractivity contribution in [1.82, 2.24) is 5.32 Å². The van der Waals surface area contributed by atoms with Crippen molar-refractivity contribution in [3.63, 3.8) is 0 Å². The molecule has 0 aliphatic rings. The Labute approximate surface area is 151 Å². The molecular formula is C18H24F3N3O2. The number of hydrogen-bond acceptors (Lipinski definition) is 4. The van der Waals surface area contributed by atoms with Crippen molar-refractivity contribution in [2.24, 2.45) is 5.92 Å². The quantitative estimate of drug-likeness (QED) is 0.725. The van der Waals surface area contributed by atoms with Crippen LogP contribution in [-0.4, -0.2) is 24.6 Å². The Morgan fingerprint density at radius 3 is 2.50 bits per heavy atom. The van der Waals surface area contributed by atoms with Gasteiger partial charge in [0.1, 0.15) is 11.3 Å². The number of alkyl halides is 3. The minimum atomic E-state index is -4.50. The van der Waals surface area contributed by atoms with Crippen LogP contribution in [0.2, 0.25) is 0 Å². The smallest absolute Gasteiger partial charge is 0.416 e. The monoisotopic (exact) mass is 371 g/mol. The first-order valence-electron chi connectivity index (χ1n) is 8.33. The summed E-state index contributed by atoms with van der Waals surface area (Å²) < 4.78 is 44.2. The van der Waals surface area contributed by atoms with Crippen LogP contribution in [0, 0.1) is 17.2 Å². The van der Waals surface area contributed by atoms with E-state index in [9.17, 15) is 23.2 Å². The molecule has 1 atom stereocenters. The molecule has 1 unspecified atom stereocenters. The predicted molar refractivity (Wildman–Crippen MR) is 92.7 cm³/mol. The molecule has 144 valence electrons. The molecule has 0 saturated carbocycles. The molecule has 2 N–H and O–H groups in total. The molecule has 0 radical (unpaired) electrons. The highest BCUT2D eigenvalue weighted by Crippen LogP contribution is 2.35. The van der Waals surface area contributed by atoms with Crippen LogP contribution in [0.3, 0.4) is 0 Å². The fourth-order valence-corrected chi connectivity index (χ4v) is 1.99. The highest BCUT2D eigenvalue weighted by atomic mass is 19.4. The number of nitriles is 1. The fraction of sp³-hybridized carbons (Fsp3) is 0.556. The number of hydrogen-bond donors (Lipinski definition) is 2. The maximum atomic E-state index is 12.9. The van der Waals surface area contributed by atoms with Crippen LogP contribution in [0.1, 0.15) is 39.7 Å². The molecule has 5 nitrogen and oxygen atoms in total. The van der Waals surface area contributed by atoms with E-state index >= 15 is 0 Å². The second-order valence-corrected chi connectivity index (χ2v) is 6.43. The Balaban J connectivity index is 2.92. The topological polar surface area (TPSA) is 74.2 Å². The number of benzene rings is 1. The number of halogens is 3. The van der Waals surface area contributed by atoms with E-state index in [2.05, 4.69) is 10.6 Å². The zero-order valence-electron chi connectivity index (χ0n) is 15.3. The maximum Gasteiger partial charge on any atom is 0.416 e. The standard InChI is InChI=1S/C18H24F3N3O2/c1-5-8-26-15-7-6-13(18(19,20)21)9-14(15)23-10-16(25)24-17(4,11-22)12(2)3/h6-7,9,12,23H,5,8,10H2,1-4H3,(H,24,25). The number of anilines is 1. The van der Waals surface area contributed by atoms with E-state index in [0.29, 0.717) is 13.0 Å². The molecule has 1 aromatic carbocycles. The Kier molecular flexibility index (Phi) is 7.30. The van der Waals surface area contributed by atoms with E-state index in [1.54, 1.807) is 20.8 Å². The van der Waals surface area contributed by atoms with Crippen LogP contribution in [0.25, 0.3) is 0 Å². The van der Waals surface area contributed by atoms with Gasteiger partial charge >= 0.3 is 6.18 Å². The maximum absolute atomic E-state index is 12.9. The Hall–Kier alpha value is -2.43. The van der Waals surface area contributed by atoms with Crippen molar-refractivity contribution in [3.8, 4) is 11.8 Å². The summed E-state index contributed by atoms with van der Waals surface area (Å²) in [7, 11) is 0. The first-order valence-corrected chi connectivity index (χ1v) is 8.33. The van der Waals surface area contributed by atoms with Crippen LogP contribution in [-0.2, 0) is 11.0 Å². The summed E-state index contributed by atoms with van der Waals surface area (Å²) in [6, 6.07) is 5.11. The third-order valence-electron chi connectivity index (χ3n) is 3.99. The first kappa shape index (κ1) is 21.6. The second-order valence-electron chi connectivity index (χ2n) is 6.43. The summed E-state index contributed by atoms with van der Waals surface area (Å²) in [5, 5.41) is 14.5. The van der Waals surface area contributed by atoms with Gasteiger partial charge in [0.15, 0.2) is 0 Å². The van der Waals surface area contributed by atoms with Gasteiger partial charge in [-0.05, 0) is 37.5 Å². The Morgan fingerprint density at radius 2 is 2.00 bits per heavy atom. The molecule has 0 aromatic heterocycles. The Bertz CT molecular complexity index is 669. The minimum Gasteiger partial charge on any atom is -0.491 e. The normalized spacial score (nSPS) is 13.7. The van der Waals surface area contributed by atoms with Gasteiger partial charge in [0.2, 0.25) is 5.91 Å². The summed E-state index contributed by atoms with van der Waals surface area (Å²) in [4.78, 5) is 12.1. The molecule has 1 rings (SSSR count). The van der Waals surface area contributed by atoms with Crippen LogP contribution in [0.15, 0.2) is 18.2 Å². The lowest BCUT2D eigenvalue weighted by molar-refractivity contribution is -0.137. The number of ether oxygens (including phenoxy) is 1. The number of nitrogens with zero attached hydrogens (tertiary/aromatic N) is 1. The number of carbonyl (C=O) groups is 1. The van der Waals surface area contributed by atoms with Gasteiger partial charge in [0.05, 0.1) is 30.5 Å². The van der Waals surface area contributed by atoms with Gasteiger partial charge in [-0.3, -0.25) is 4.79 Å². The van der Waals surface area contributed by atoms with Crippen molar-refractivity contribution in [2.45, 2.75) is 45.8 Å². The molecule has 1 amide bonds. The molecule has 0 spiro atoms. The first-order chi connectivity index (χ1) is 12.0. The van der Waals surface area contributed by atoms with Gasteiger partial charge in [-0.1, -0.05) is 20.8 Å². The third kappa shape index (κ3) is 5.83. The predicted octanol–water partition coefficient (Wildman–Crippen LogP) is 3.96. The van der Waals surface area contributed by atoms with E-state index < -0.39 is 23.2 Å². The molecular weight excluding hydrogens is 347 g/mol. The lowest BCUT2D eigenvalue weighted by atomic mass is 9.90. The highest BCUT2D eigenvalue weighted by molar-refractivity contribution is 5.82. The average molecular weight is 371 g/mol. The Morgan fingerprint density at radius 1 is 1.35 bits per heavy atom. The van der Waals surface area contributed by atoms with Crippen LogP contribution in [0.5, 0.6) is 5.75 Å². The SMILES string of the molecule is CCCOc1ccc(C(F)(F)F)cc1NCC(=O)NC(C)(C#N)C(C)C. The van der Waals surface area contributed by atoms with Gasteiger partial charge in [0, 0.05) is 0 Å². The van der Waals surface area contributed by atoms with Gasteiger partial charge in [0.25, 0.3) is 0 Å². The number of nitrogens with one attached hydrogen (secondary N) is 2. The summed E-state index contributed by atoms with van der Waals surface area (Å²) in [5.74, 6) is -0.394. The molecule has 0 saturated heterocycles. The largest absolute Gasteiger partial charge is 0.491 e. The summed E-state index contributed by atoms with van der Waals surface area (Å²) >= 11 is 0. The highest BCUT2D eigenvalue weighted by Gasteiger charge is 2.32. The van der Waals surface area contributed by atoms with E-state index in [0.717, 1.165) is 12.1 Å². The molecule has 0 fully saturated rings. The van der Waals surface area contributed by atoms with Crippen molar-refractivity contribution >= 4 is 11.6 Å². The molecule has 0 bridgehead atoms. The number of rotatable bonds is 8. The van der Waals surface area contributed by atoms with E-state index in [1.165, 1.54) is 6.07 Å². The summed E-state index contributed by atoms with van der Waals surface area (Å²) in [5.41, 5.74) is -1.83. The van der Waals surface area contributed by atoms with Crippen LogP contribution in [0.4, 0.5) is 18.9 Å². The molecule has 26 heavy (non-hydrogen) atoms. The van der Waals surface area contributed by atoms with Crippen molar-refractivity contribution in [3.05, 3.63) is 23.8 Å². The fourth-order valence-electron chi connectivity index (χ4n) is 1.99. The lowest BCUT2D eigenvalue weighted by Crippen LogP contribution is -2.50. The summed E-state index contributed by atoms with van der Waals surface area (Å²) in [6.07, 6.45) is -3.81. The van der Waals surface area contributed by atoms with E-state index in [4.69, 9.17) is 4.74 Å². The molecule has 0 aliphatic carbocycles. The molecule has 0 heterocycles. The molecule has 8 heteroatoms. The zero-order valence-corrected chi connectivity index (χ0v) is 15.3. The van der Waals surface area contributed by atoms with E-state index in [-0.39, 0.29) is 23.9 Å². The average Bonchev–Trinajstić information content (AvgIpc) is 2.57. The second kappa shape index (κ2) is 8.79. The van der Waals surface area contributed by atoms with Crippen molar-refractivity contribution < 1.29 is 22.7 Å². The van der Waals surface area contributed by atoms with Crippen LogP contribution >= 0.6 is 0 Å². The van der Waals surface area contributed by atoms with Crippen molar-refractivity contribution in [1.29, 1.82) is 5.26 Å². The zero-order chi connectivity index (χ0) is 20.0. The minimum absolute atomic E-state index is 0.0756. The number of carbonyl (C=O) groups excluding carboxylic acids is 1. The van der Waals surface area contributed by atoms with Gasteiger partial charge in [-0.2, -0.15) is 18.4 Å². The van der Waals surface area contributed by atoms with Crippen molar-refractivity contribution in [2.75, 3.05) is 18.5 Å². The summed E-state index contributed by atoms with van der Waals surface area (Å²) in [6.45, 7) is 7.11. The molecule has 0 aliphatic heterocycles. The molecule has 1 aromatic rings. The number of amides is 1. The third-order valence-corrected chi connectivity index (χ3v) is 3.99. The van der Waals surface area contributed by atoms with Gasteiger partial charge in [-0.15, -0.1) is 0 Å². The van der Waals surface area contributed by atoms with Gasteiger partial charge in [-0.25, -0.2) is 0 Å². The lowest BCUT2D eigenvalue weighted by Gasteiger charge is -2.27. The van der Waals surface area contributed by atoms with E-state index in [1.807, 2.05) is 13.0 Å². The van der Waals surface area contributed by atoms with Gasteiger partial charge < -0.3 is 15.4 Å². The van der Waals surface area contributed by atoms with Crippen LogP contribution < -0.4 is 15.4 Å².